The van der Waals surface area contributed by atoms with Crippen LogP contribution < -0.4 is 10.6 Å². The molecular formula is C15H13FN2O3. The van der Waals surface area contributed by atoms with Crippen molar-refractivity contribution >= 4 is 17.7 Å². The van der Waals surface area contributed by atoms with Crippen LogP contribution in [0.25, 0.3) is 0 Å². The van der Waals surface area contributed by atoms with Gasteiger partial charge in [0.15, 0.2) is 0 Å². The van der Waals surface area contributed by atoms with Crippen LogP contribution in [0.4, 0.5) is 14.9 Å². The van der Waals surface area contributed by atoms with Crippen LogP contribution in [0.2, 0.25) is 0 Å². The standard InChI is InChI=1S/C15H13FN2O3/c16-11-7-5-10(6-8-11)9-17-15(21)18-13-4-2-1-3-12(13)14(19)20/h1-8H,9H2,(H,19,20)(H2,17,18,21). The number of carbonyl (C=O) groups excluding carboxylic acids is 1. The van der Waals surface area contributed by atoms with Crippen LogP contribution in [-0.4, -0.2) is 17.1 Å². The number of aromatic carboxylic acids is 1. The molecule has 0 aromatic heterocycles. The summed E-state index contributed by atoms with van der Waals surface area (Å²) >= 11 is 0. The number of anilines is 1. The van der Waals surface area contributed by atoms with E-state index >= 15 is 0 Å². The number of rotatable bonds is 4. The Morgan fingerprint density at radius 1 is 1.05 bits per heavy atom. The van der Waals surface area contributed by atoms with Crippen LogP contribution in [0.1, 0.15) is 15.9 Å². The summed E-state index contributed by atoms with van der Waals surface area (Å²) in [4.78, 5) is 22.7. The van der Waals surface area contributed by atoms with Crippen LogP contribution in [0.5, 0.6) is 0 Å². The zero-order valence-electron chi connectivity index (χ0n) is 11.0. The monoisotopic (exact) mass is 288 g/mol. The summed E-state index contributed by atoms with van der Waals surface area (Å²) in [6.45, 7) is 0.210. The van der Waals surface area contributed by atoms with Crippen LogP contribution in [0, 0.1) is 5.82 Å². The van der Waals surface area contributed by atoms with Crippen LogP contribution >= 0.6 is 0 Å². The predicted molar refractivity (Wildman–Crippen MR) is 75.7 cm³/mol. The molecule has 108 valence electrons. The van der Waals surface area contributed by atoms with Gasteiger partial charge in [-0.3, -0.25) is 0 Å². The van der Waals surface area contributed by atoms with Gasteiger partial charge in [-0.2, -0.15) is 0 Å². The average molecular weight is 288 g/mol. The van der Waals surface area contributed by atoms with E-state index in [1.54, 1.807) is 24.3 Å². The third-order valence-electron chi connectivity index (χ3n) is 2.77. The van der Waals surface area contributed by atoms with Gasteiger partial charge in [-0.15, -0.1) is 0 Å². The second kappa shape index (κ2) is 6.51. The van der Waals surface area contributed by atoms with E-state index in [2.05, 4.69) is 10.6 Å². The van der Waals surface area contributed by atoms with Crippen molar-refractivity contribution in [3.8, 4) is 0 Å². The first kappa shape index (κ1) is 14.5. The summed E-state index contributed by atoms with van der Waals surface area (Å²) in [5.41, 5.74) is 0.953. The number of carboxylic acid groups (broad SMARTS) is 1. The molecule has 0 spiro atoms. The van der Waals surface area contributed by atoms with Crippen molar-refractivity contribution in [3.63, 3.8) is 0 Å². The normalized spacial score (nSPS) is 9.95. The second-order valence-corrected chi connectivity index (χ2v) is 4.28. The molecule has 0 aliphatic carbocycles. The van der Waals surface area contributed by atoms with E-state index in [0.717, 1.165) is 5.56 Å². The maximum atomic E-state index is 12.7. The molecule has 0 aliphatic rings. The van der Waals surface area contributed by atoms with Gasteiger partial charge in [0.2, 0.25) is 0 Å². The molecule has 3 N–H and O–H groups in total. The SMILES string of the molecule is O=C(NCc1ccc(F)cc1)Nc1ccccc1C(=O)O. The van der Waals surface area contributed by atoms with Gasteiger partial charge in [0.1, 0.15) is 5.82 Å². The third kappa shape index (κ3) is 4.04. The largest absolute Gasteiger partial charge is 0.478 e. The van der Waals surface area contributed by atoms with Gasteiger partial charge in [-0.1, -0.05) is 24.3 Å². The molecule has 0 saturated carbocycles. The summed E-state index contributed by atoms with van der Waals surface area (Å²) in [6, 6.07) is 11.3. The summed E-state index contributed by atoms with van der Waals surface area (Å²) in [7, 11) is 0. The lowest BCUT2D eigenvalue weighted by molar-refractivity contribution is 0.0698. The number of carbonyl (C=O) groups is 2. The molecular weight excluding hydrogens is 275 g/mol. The summed E-state index contributed by atoms with van der Waals surface area (Å²) in [5.74, 6) is -1.47. The van der Waals surface area contributed by atoms with Crippen molar-refractivity contribution in [3.05, 3.63) is 65.5 Å². The molecule has 2 aromatic rings. The molecule has 2 rings (SSSR count). The van der Waals surface area contributed by atoms with Gasteiger partial charge in [0.25, 0.3) is 0 Å². The highest BCUT2D eigenvalue weighted by Gasteiger charge is 2.11. The number of urea groups is 1. The lowest BCUT2D eigenvalue weighted by atomic mass is 10.2. The molecule has 2 amide bonds. The van der Waals surface area contributed by atoms with Gasteiger partial charge < -0.3 is 15.7 Å². The quantitative estimate of drug-likeness (QED) is 0.809. The summed E-state index contributed by atoms with van der Waals surface area (Å²) < 4.78 is 12.7. The Morgan fingerprint density at radius 3 is 2.38 bits per heavy atom. The Kier molecular flexibility index (Phi) is 4.50. The number of carboxylic acids is 1. The Hall–Kier alpha value is -2.89. The minimum atomic E-state index is -1.12. The Bertz CT molecular complexity index is 656. The van der Waals surface area contributed by atoms with E-state index in [4.69, 9.17) is 5.11 Å². The molecule has 6 heteroatoms. The number of hydrogen-bond donors (Lipinski definition) is 3. The molecule has 0 unspecified atom stereocenters. The number of benzene rings is 2. The van der Waals surface area contributed by atoms with E-state index < -0.39 is 12.0 Å². The smallest absolute Gasteiger partial charge is 0.337 e. The van der Waals surface area contributed by atoms with Crippen LogP contribution in [0.15, 0.2) is 48.5 Å². The zero-order chi connectivity index (χ0) is 15.2. The second-order valence-electron chi connectivity index (χ2n) is 4.28. The van der Waals surface area contributed by atoms with Gasteiger partial charge >= 0.3 is 12.0 Å². The van der Waals surface area contributed by atoms with Crippen molar-refractivity contribution in [1.29, 1.82) is 0 Å². The van der Waals surface area contributed by atoms with Crippen molar-refractivity contribution in [2.45, 2.75) is 6.54 Å². The third-order valence-corrected chi connectivity index (χ3v) is 2.77. The highest BCUT2D eigenvalue weighted by Crippen LogP contribution is 2.14. The molecule has 0 fully saturated rings. The fraction of sp³-hybridized carbons (Fsp3) is 0.0667. The van der Waals surface area contributed by atoms with E-state index in [1.807, 2.05) is 0 Å². The highest BCUT2D eigenvalue weighted by molar-refractivity contribution is 5.99. The van der Waals surface area contributed by atoms with Gasteiger partial charge in [-0.05, 0) is 29.8 Å². The van der Waals surface area contributed by atoms with Crippen molar-refractivity contribution in [2.75, 3.05) is 5.32 Å². The summed E-state index contributed by atoms with van der Waals surface area (Å²) in [6.07, 6.45) is 0. The number of halogens is 1. The minimum absolute atomic E-state index is 0.00873. The fourth-order valence-electron chi connectivity index (χ4n) is 1.73. The van der Waals surface area contributed by atoms with E-state index in [1.165, 1.54) is 24.3 Å². The average Bonchev–Trinajstić information content (AvgIpc) is 2.47. The highest BCUT2D eigenvalue weighted by atomic mass is 19.1. The first-order chi connectivity index (χ1) is 10.1. The maximum absolute atomic E-state index is 12.7. The van der Waals surface area contributed by atoms with Gasteiger partial charge in [0, 0.05) is 6.54 Å². The number of para-hydroxylation sites is 1. The minimum Gasteiger partial charge on any atom is -0.478 e. The van der Waals surface area contributed by atoms with Gasteiger partial charge in [0.05, 0.1) is 11.3 Å². The number of amides is 2. The first-order valence-corrected chi connectivity index (χ1v) is 6.18. The zero-order valence-corrected chi connectivity index (χ0v) is 11.0. The van der Waals surface area contributed by atoms with Crippen molar-refractivity contribution in [1.82, 2.24) is 5.32 Å². The Balaban J connectivity index is 1.96. The molecule has 0 radical (unpaired) electrons. The first-order valence-electron chi connectivity index (χ1n) is 6.18. The lowest BCUT2D eigenvalue weighted by Gasteiger charge is -2.09. The predicted octanol–water partition coefficient (Wildman–Crippen LogP) is 2.85. The van der Waals surface area contributed by atoms with Crippen molar-refractivity contribution in [2.24, 2.45) is 0 Å². The maximum Gasteiger partial charge on any atom is 0.337 e. The molecule has 0 bridgehead atoms. The van der Waals surface area contributed by atoms with Crippen molar-refractivity contribution < 1.29 is 19.1 Å². The molecule has 5 nitrogen and oxygen atoms in total. The van der Waals surface area contributed by atoms with E-state index in [9.17, 15) is 14.0 Å². The fourth-order valence-corrected chi connectivity index (χ4v) is 1.73. The summed E-state index contributed by atoms with van der Waals surface area (Å²) in [5, 5.41) is 14.0. The van der Waals surface area contributed by atoms with E-state index in [-0.39, 0.29) is 23.6 Å². The van der Waals surface area contributed by atoms with Gasteiger partial charge in [-0.25, -0.2) is 14.0 Å². The molecule has 2 aromatic carbocycles. The molecule has 0 saturated heterocycles. The Morgan fingerprint density at radius 2 is 1.71 bits per heavy atom. The van der Waals surface area contributed by atoms with Crippen LogP contribution in [0.3, 0.4) is 0 Å². The van der Waals surface area contributed by atoms with Crippen LogP contribution in [-0.2, 0) is 6.54 Å². The Labute approximate surface area is 120 Å². The lowest BCUT2D eigenvalue weighted by Crippen LogP contribution is -2.28. The number of nitrogens with one attached hydrogen (secondary N) is 2. The molecule has 0 heterocycles. The molecule has 0 atom stereocenters. The number of hydrogen-bond acceptors (Lipinski definition) is 2. The molecule has 21 heavy (non-hydrogen) atoms. The topological polar surface area (TPSA) is 78.4 Å². The van der Waals surface area contributed by atoms with E-state index in [0.29, 0.717) is 0 Å². The molecule has 0 aliphatic heterocycles.